The van der Waals surface area contributed by atoms with E-state index < -0.39 is 0 Å². The first-order chi connectivity index (χ1) is 10.4. The third kappa shape index (κ3) is 4.77. The van der Waals surface area contributed by atoms with Crippen LogP contribution >= 0.6 is 11.8 Å². The van der Waals surface area contributed by atoms with Gasteiger partial charge in [0.25, 0.3) is 0 Å². The van der Waals surface area contributed by atoms with E-state index >= 15 is 0 Å². The topological polar surface area (TPSA) is 8.81 Å². The van der Waals surface area contributed by atoms with Crippen LogP contribution in [0.15, 0.2) is 30.6 Å². The normalized spacial score (nSPS) is 11.3. The molecule has 0 fully saturated rings. The van der Waals surface area contributed by atoms with Crippen LogP contribution in [-0.4, -0.2) is 10.3 Å². The summed E-state index contributed by atoms with van der Waals surface area (Å²) < 4.78 is 4.72. The van der Waals surface area contributed by atoms with Gasteiger partial charge in [0.05, 0.1) is 6.54 Å². The number of aryl methyl sites for hydroxylation is 1. The Morgan fingerprint density at radius 2 is 1.76 bits per heavy atom. The van der Waals surface area contributed by atoms with Crippen LogP contribution in [0.5, 0.6) is 0 Å². The highest BCUT2D eigenvalue weighted by Gasteiger charge is 2.13. The first-order valence-corrected chi connectivity index (χ1v) is 9.57. The Balaban J connectivity index is 1.76. The molecule has 2 rings (SSSR count). The van der Waals surface area contributed by atoms with Crippen molar-refractivity contribution in [1.29, 1.82) is 0 Å². The molecule has 0 bridgehead atoms. The smallest absolute Gasteiger partial charge is 0.230 e. The van der Waals surface area contributed by atoms with Gasteiger partial charge in [0.1, 0.15) is 5.88 Å². The lowest BCUT2D eigenvalue weighted by Gasteiger charge is -2.01. The van der Waals surface area contributed by atoms with E-state index in [2.05, 4.69) is 65.3 Å². The number of thioether (sulfide) groups is 1. The lowest BCUT2D eigenvalue weighted by atomic mass is 10.1. The molecule has 1 heterocycles. The van der Waals surface area contributed by atoms with Gasteiger partial charge in [-0.3, -0.25) is 0 Å². The first kappa shape index (κ1) is 16.4. The Bertz CT molecular complexity index is 533. The van der Waals surface area contributed by atoms with E-state index in [1.54, 1.807) is 0 Å². The molecule has 1 aromatic heterocycles. The monoisotopic (exact) mass is 305 g/mol. The molecule has 2 aromatic rings. The second-order valence-corrected chi connectivity index (χ2v) is 6.74. The van der Waals surface area contributed by atoms with E-state index in [4.69, 9.17) is 0 Å². The second kappa shape index (κ2) is 9.14. The zero-order chi connectivity index (χ0) is 14.9. The molecule has 0 N–H and O–H groups in total. The van der Waals surface area contributed by atoms with Crippen molar-refractivity contribution in [2.75, 3.05) is 5.75 Å². The Kier molecular flexibility index (Phi) is 7.14. The molecule has 0 spiro atoms. The fraction of sp³-hybridized carbons (Fsp3) is 0.611. The maximum Gasteiger partial charge on any atom is 0.245 e. The highest BCUT2D eigenvalue weighted by molar-refractivity contribution is 7.98. The predicted molar refractivity (Wildman–Crippen MR) is 93.6 cm³/mol. The summed E-state index contributed by atoms with van der Waals surface area (Å²) in [7, 11) is 0. The van der Waals surface area contributed by atoms with Crippen LogP contribution in [0.3, 0.4) is 0 Å². The number of hydrogen-bond donors (Lipinski definition) is 0. The van der Waals surface area contributed by atoms with Crippen LogP contribution in [0.2, 0.25) is 0 Å². The summed E-state index contributed by atoms with van der Waals surface area (Å²) in [6, 6.07) is 8.71. The Morgan fingerprint density at radius 3 is 2.57 bits per heavy atom. The van der Waals surface area contributed by atoms with Gasteiger partial charge in [0, 0.05) is 0 Å². The molecular formula is C18H29N2S+. The molecule has 0 radical (unpaired) electrons. The van der Waals surface area contributed by atoms with Crippen molar-refractivity contribution < 1.29 is 4.57 Å². The average molecular weight is 306 g/mol. The van der Waals surface area contributed by atoms with Crippen LogP contribution in [0.1, 0.15) is 52.4 Å². The number of unbranched alkanes of at least 4 members (excludes halogenated alkanes) is 5. The van der Waals surface area contributed by atoms with E-state index in [1.165, 1.54) is 55.3 Å². The van der Waals surface area contributed by atoms with Gasteiger partial charge in [-0.25, -0.2) is 9.13 Å². The van der Waals surface area contributed by atoms with Crippen molar-refractivity contribution in [2.24, 2.45) is 0 Å². The summed E-state index contributed by atoms with van der Waals surface area (Å²) in [5, 5.41) is 0. The molecule has 2 nitrogen and oxygen atoms in total. The summed E-state index contributed by atoms with van der Waals surface area (Å²) in [6.45, 7) is 5.52. The quantitative estimate of drug-likeness (QED) is 0.443. The Labute approximate surface area is 133 Å². The molecule has 21 heavy (non-hydrogen) atoms. The fourth-order valence-electron chi connectivity index (χ4n) is 2.74. The van der Waals surface area contributed by atoms with E-state index in [0.29, 0.717) is 0 Å². The number of benzene rings is 1. The zero-order valence-electron chi connectivity index (χ0n) is 13.6. The first-order valence-electron chi connectivity index (χ1n) is 8.41. The fourth-order valence-corrected chi connectivity index (χ4v) is 3.68. The maximum atomic E-state index is 2.39. The van der Waals surface area contributed by atoms with Gasteiger partial charge >= 0.3 is 0 Å². The minimum atomic E-state index is 1.04. The van der Waals surface area contributed by atoms with Crippen LogP contribution in [-0.2, 0) is 12.4 Å². The van der Waals surface area contributed by atoms with Gasteiger partial charge in [-0.15, -0.1) is 11.8 Å². The van der Waals surface area contributed by atoms with Gasteiger partial charge in [-0.2, -0.15) is 0 Å². The van der Waals surface area contributed by atoms with Gasteiger partial charge in [0.2, 0.25) is 6.33 Å². The summed E-state index contributed by atoms with van der Waals surface area (Å²) in [6.07, 6.45) is 10.6. The molecule has 116 valence electrons. The predicted octanol–water partition coefficient (Wildman–Crippen LogP) is 5.00. The summed E-state index contributed by atoms with van der Waals surface area (Å²) >= 11 is 2.06. The molecule has 0 aliphatic rings. The summed E-state index contributed by atoms with van der Waals surface area (Å²) in [5.41, 5.74) is 2.70. The van der Waals surface area contributed by atoms with Crippen molar-refractivity contribution in [3.05, 3.63) is 30.6 Å². The highest BCUT2D eigenvalue weighted by Crippen LogP contribution is 2.14. The average Bonchev–Trinajstić information content (AvgIpc) is 2.88. The maximum absolute atomic E-state index is 2.39. The lowest BCUT2D eigenvalue weighted by Crippen LogP contribution is -2.30. The van der Waals surface area contributed by atoms with E-state index in [0.717, 1.165) is 12.4 Å². The standard InChI is InChI=1S/C18H29N2S/c1-3-5-6-7-8-11-14-21-16-20-15-19(4-2)17-12-9-10-13-18(17)20/h9-10,12-13,15H,3-8,11,14,16H2,1-2H3/q+1. The minimum Gasteiger partial charge on any atom is -0.230 e. The number of para-hydroxylation sites is 2. The van der Waals surface area contributed by atoms with E-state index in [-0.39, 0.29) is 0 Å². The van der Waals surface area contributed by atoms with Gasteiger partial charge in [-0.1, -0.05) is 51.2 Å². The van der Waals surface area contributed by atoms with Crippen molar-refractivity contribution >= 4 is 22.8 Å². The van der Waals surface area contributed by atoms with Crippen LogP contribution in [0.25, 0.3) is 11.0 Å². The highest BCUT2D eigenvalue weighted by atomic mass is 32.2. The van der Waals surface area contributed by atoms with Crippen molar-refractivity contribution in [3.8, 4) is 0 Å². The number of nitrogens with zero attached hydrogens (tertiary/aromatic N) is 2. The number of fused-ring (bicyclic) bond motifs is 1. The van der Waals surface area contributed by atoms with Crippen LogP contribution in [0, 0.1) is 0 Å². The van der Waals surface area contributed by atoms with Crippen molar-refractivity contribution in [3.63, 3.8) is 0 Å². The van der Waals surface area contributed by atoms with Crippen molar-refractivity contribution in [1.82, 2.24) is 4.57 Å². The zero-order valence-corrected chi connectivity index (χ0v) is 14.4. The largest absolute Gasteiger partial charge is 0.245 e. The molecule has 3 heteroatoms. The third-order valence-corrected chi connectivity index (χ3v) is 5.03. The summed E-state index contributed by atoms with van der Waals surface area (Å²) in [4.78, 5) is 0. The number of hydrogen-bond acceptors (Lipinski definition) is 1. The molecular weight excluding hydrogens is 276 g/mol. The van der Waals surface area contributed by atoms with Crippen LogP contribution in [0.4, 0.5) is 0 Å². The molecule has 1 aromatic carbocycles. The number of imidazole rings is 1. The van der Waals surface area contributed by atoms with E-state index in [1.807, 2.05) is 0 Å². The number of rotatable bonds is 10. The molecule has 0 amide bonds. The SMILES string of the molecule is CCCCCCCCSC[n+]1cn(CC)c2ccccc21. The van der Waals surface area contributed by atoms with Crippen LogP contribution < -0.4 is 4.57 Å². The van der Waals surface area contributed by atoms with E-state index in [9.17, 15) is 0 Å². The molecule has 0 saturated heterocycles. The van der Waals surface area contributed by atoms with Gasteiger partial charge in [-0.05, 0) is 31.2 Å². The van der Waals surface area contributed by atoms with Gasteiger partial charge < -0.3 is 0 Å². The molecule has 0 aliphatic carbocycles. The third-order valence-electron chi connectivity index (χ3n) is 3.99. The Hall–Kier alpha value is -0.960. The minimum absolute atomic E-state index is 1.04. The Morgan fingerprint density at radius 1 is 1.00 bits per heavy atom. The second-order valence-electron chi connectivity index (χ2n) is 5.67. The lowest BCUT2D eigenvalue weighted by molar-refractivity contribution is -0.650. The molecule has 0 saturated carbocycles. The number of aromatic nitrogens is 2. The molecule has 0 unspecified atom stereocenters. The molecule has 0 aliphatic heterocycles. The molecule has 0 atom stereocenters. The van der Waals surface area contributed by atoms with Crippen molar-refractivity contribution in [2.45, 2.75) is 64.8 Å². The summed E-state index contributed by atoms with van der Waals surface area (Å²) in [5.74, 6) is 2.35. The van der Waals surface area contributed by atoms with Gasteiger partial charge in [0.15, 0.2) is 11.0 Å².